The van der Waals surface area contributed by atoms with Crippen LogP contribution in [-0.4, -0.2) is 58.7 Å². The van der Waals surface area contributed by atoms with Crippen LogP contribution in [0.3, 0.4) is 0 Å². The van der Waals surface area contributed by atoms with Gasteiger partial charge >= 0.3 is 0 Å². The fourth-order valence-electron chi connectivity index (χ4n) is 8.48. The van der Waals surface area contributed by atoms with E-state index >= 15 is 0 Å². The summed E-state index contributed by atoms with van der Waals surface area (Å²) in [6, 6.07) is 9.94. The molecule has 5 aliphatic rings. The molecule has 3 aromatic heterocycles. The van der Waals surface area contributed by atoms with Crippen LogP contribution in [0.2, 0.25) is 0 Å². The largest absolute Gasteiger partial charge is 0.387 e. The Hall–Kier alpha value is -2.57. The third-order valence-corrected chi connectivity index (χ3v) is 12.6. The fourth-order valence-corrected chi connectivity index (χ4v) is 11.5. The van der Waals surface area contributed by atoms with E-state index in [0.29, 0.717) is 23.0 Å². The summed E-state index contributed by atoms with van der Waals surface area (Å²) in [4.78, 5) is 9.97. The molecular weight excluding hydrogens is 583 g/mol. The smallest absolute Gasteiger partial charge is 0.171 e. The number of aromatic nitrogens is 4. The van der Waals surface area contributed by atoms with Crippen molar-refractivity contribution in [3.63, 3.8) is 0 Å². The van der Waals surface area contributed by atoms with Crippen LogP contribution < -0.4 is 5.73 Å². The SMILES string of the molecule is Cc1noc(-c2ccccc2)c1CSC[C@H]1O[C@@H](n2cc(SC34CC5CC(CC(C5)C3)C4)c3c(N)ncnc32)[C@H](O)[C@@H]1O. The molecule has 4 heterocycles. The highest BCUT2D eigenvalue weighted by Gasteiger charge is 2.52. The van der Waals surface area contributed by atoms with E-state index in [4.69, 9.17) is 15.0 Å². The zero-order valence-corrected chi connectivity index (χ0v) is 25.8. The number of ether oxygens (including phenoxy) is 1. The molecule has 226 valence electrons. The van der Waals surface area contributed by atoms with Crippen LogP contribution >= 0.6 is 23.5 Å². The molecule has 4 atom stereocenters. The van der Waals surface area contributed by atoms with Gasteiger partial charge in [0.2, 0.25) is 0 Å². The molecule has 4 aliphatic carbocycles. The zero-order valence-electron chi connectivity index (χ0n) is 24.1. The number of aliphatic hydroxyl groups is 2. The third kappa shape index (κ3) is 4.88. The standard InChI is InChI=1S/C32H37N5O4S2/c1-17-22(28(41-36-17)21-5-3-2-4-6-21)14-42-15-23-26(38)27(39)31(40-23)37-13-24(25-29(33)34-16-35-30(25)37)43-32-10-18-7-19(11-32)9-20(8-18)12-32/h2-6,13,16,18-20,23,26-27,31,38-39H,7-12,14-15H2,1H3,(H2,33,34,35)/t18?,19?,20?,23-,26-,27-,31-,32?/m1/s1. The maximum Gasteiger partial charge on any atom is 0.171 e. The van der Waals surface area contributed by atoms with Gasteiger partial charge in [-0.25, -0.2) is 9.97 Å². The Morgan fingerprint density at radius 3 is 2.47 bits per heavy atom. The van der Waals surface area contributed by atoms with E-state index in [2.05, 4.69) is 15.1 Å². The van der Waals surface area contributed by atoms with Gasteiger partial charge in [-0.3, -0.25) is 0 Å². The van der Waals surface area contributed by atoms with Crippen LogP contribution in [0.25, 0.3) is 22.4 Å². The van der Waals surface area contributed by atoms with Crippen LogP contribution in [0, 0.1) is 24.7 Å². The normalized spacial score (nSPS) is 33.1. The molecule has 0 amide bonds. The van der Waals surface area contributed by atoms with E-state index in [1.54, 1.807) is 11.8 Å². The van der Waals surface area contributed by atoms with Crippen molar-refractivity contribution in [1.82, 2.24) is 19.7 Å². The third-order valence-electron chi connectivity index (χ3n) is 10.1. The second-order valence-corrected chi connectivity index (χ2v) is 15.6. The number of aryl methyl sites for hydroxylation is 1. The molecule has 1 saturated heterocycles. The highest BCUT2D eigenvalue weighted by atomic mass is 32.2. The molecule has 0 spiro atoms. The van der Waals surface area contributed by atoms with Gasteiger partial charge in [-0.05, 0) is 63.2 Å². The first-order chi connectivity index (χ1) is 20.9. The number of fused-ring (bicyclic) bond motifs is 1. The number of aliphatic hydroxyl groups excluding tert-OH is 2. The summed E-state index contributed by atoms with van der Waals surface area (Å²) in [7, 11) is 0. The van der Waals surface area contributed by atoms with Crippen LogP contribution in [0.5, 0.6) is 0 Å². The summed E-state index contributed by atoms with van der Waals surface area (Å²) in [5, 5.41) is 27.3. The quantitative estimate of drug-likeness (QED) is 0.229. The predicted molar refractivity (Wildman–Crippen MR) is 167 cm³/mol. The highest BCUT2D eigenvalue weighted by Crippen LogP contribution is 2.62. The minimum atomic E-state index is -1.10. The van der Waals surface area contributed by atoms with Crippen molar-refractivity contribution in [3.8, 4) is 11.3 Å². The monoisotopic (exact) mass is 619 g/mol. The van der Waals surface area contributed by atoms with Gasteiger partial charge in [0.15, 0.2) is 12.0 Å². The fraction of sp³-hybridized carbons (Fsp3) is 0.531. The Kier molecular flexibility index (Phi) is 7.02. The van der Waals surface area contributed by atoms with Gasteiger partial charge in [0.25, 0.3) is 0 Å². The van der Waals surface area contributed by atoms with E-state index in [1.807, 2.05) is 59.8 Å². The lowest BCUT2D eigenvalue weighted by atomic mass is 9.56. The maximum absolute atomic E-state index is 11.2. The Morgan fingerprint density at radius 2 is 1.74 bits per heavy atom. The van der Waals surface area contributed by atoms with E-state index < -0.39 is 24.5 Å². The van der Waals surface area contributed by atoms with Gasteiger partial charge in [0.1, 0.15) is 30.0 Å². The van der Waals surface area contributed by atoms with Gasteiger partial charge in [-0.2, -0.15) is 11.8 Å². The summed E-state index contributed by atoms with van der Waals surface area (Å²) < 4.78 is 14.1. The first-order valence-electron chi connectivity index (χ1n) is 15.3. The van der Waals surface area contributed by atoms with Gasteiger partial charge in [-0.15, -0.1) is 11.8 Å². The molecule has 9 rings (SSSR count). The lowest BCUT2D eigenvalue weighted by molar-refractivity contribution is -0.0287. The molecule has 5 fully saturated rings. The predicted octanol–water partition coefficient (Wildman–Crippen LogP) is 5.59. The van der Waals surface area contributed by atoms with Crippen molar-refractivity contribution in [1.29, 1.82) is 0 Å². The summed E-state index contributed by atoms with van der Waals surface area (Å²) in [5.41, 5.74) is 9.94. The number of benzene rings is 1. The number of hydrogen-bond donors (Lipinski definition) is 3. The molecule has 0 unspecified atom stereocenters. The molecule has 4 saturated carbocycles. The minimum Gasteiger partial charge on any atom is -0.387 e. The summed E-state index contributed by atoms with van der Waals surface area (Å²) in [6.07, 6.45) is 7.93. The number of rotatable bonds is 8. The molecule has 4 N–H and O–H groups in total. The summed E-state index contributed by atoms with van der Waals surface area (Å²) in [6.45, 7) is 1.94. The van der Waals surface area contributed by atoms with Gasteiger partial charge in [0, 0.05) is 38.5 Å². The molecule has 1 aromatic carbocycles. The lowest BCUT2D eigenvalue weighted by Crippen LogP contribution is -2.48. The van der Waals surface area contributed by atoms with Crippen LogP contribution in [0.4, 0.5) is 5.82 Å². The Bertz CT molecular complexity index is 1610. The first kappa shape index (κ1) is 27.9. The average molecular weight is 620 g/mol. The zero-order chi connectivity index (χ0) is 29.3. The van der Waals surface area contributed by atoms with E-state index in [0.717, 1.165) is 50.6 Å². The molecule has 0 radical (unpaired) electrons. The minimum absolute atomic E-state index is 0.225. The summed E-state index contributed by atoms with van der Waals surface area (Å²) in [5.74, 6) is 4.85. The number of nitrogens with zero attached hydrogens (tertiary/aromatic N) is 4. The second-order valence-electron chi connectivity index (χ2n) is 13.1. The number of nitrogens with two attached hydrogens (primary N) is 1. The maximum atomic E-state index is 11.2. The van der Waals surface area contributed by atoms with Crippen LogP contribution in [-0.2, 0) is 10.5 Å². The molecule has 4 bridgehead atoms. The lowest BCUT2D eigenvalue weighted by Gasteiger charge is -2.56. The molecule has 4 aromatic rings. The Labute approximate surface area is 259 Å². The molecule has 1 aliphatic heterocycles. The highest BCUT2D eigenvalue weighted by molar-refractivity contribution is 8.01. The second kappa shape index (κ2) is 10.8. The Morgan fingerprint density at radius 1 is 1.02 bits per heavy atom. The van der Waals surface area contributed by atoms with Gasteiger partial charge in [0.05, 0.1) is 17.2 Å². The van der Waals surface area contributed by atoms with E-state index in [9.17, 15) is 10.2 Å². The number of nitrogen functional groups attached to an aromatic ring is 1. The molecular formula is C32H37N5O4S2. The van der Waals surface area contributed by atoms with Crippen molar-refractivity contribution >= 4 is 40.4 Å². The van der Waals surface area contributed by atoms with Crippen molar-refractivity contribution in [2.45, 2.75) is 85.4 Å². The van der Waals surface area contributed by atoms with Crippen LogP contribution in [0.15, 0.2) is 52.3 Å². The van der Waals surface area contributed by atoms with E-state index in [-0.39, 0.29) is 4.75 Å². The Balaban J connectivity index is 1.02. The first-order valence-corrected chi connectivity index (χ1v) is 17.2. The van der Waals surface area contributed by atoms with Crippen molar-refractivity contribution in [3.05, 3.63) is 54.1 Å². The van der Waals surface area contributed by atoms with Crippen molar-refractivity contribution < 1.29 is 19.5 Å². The van der Waals surface area contributed by atoms with Gasteiger partial charge in [-0.1, -0.05) is 35.5 Å². The van der Waals surface area contributed by atoms with Gasteiger partial charge < -0.3 is 29.8 Å². The molecule has 11 heteroatoms. The topological polar surface area (TPSA) is 132 Å². The van der Waals surface area contributed by atoms with E-state index in [1.165, 1.54) is 44.9 Å². The number of hydrogen-bond acceptors (Lipinski definition) is 10. The summed E-state index contributed by atoms with van der Waals surface area (Å²) >= 11 is 3.57. The van der Waals surface area contributed by atoms with Crippen molar-refractivity contribution in [2.75, 3.05) is 11.5 Å². The van der Waals surface area contributed by atoms with Crippen molar-refractivity contribution in [2.24, 2.45) is 17.8 Å². The molecule has 9 nitrogen and oxygen atoms in total. The number of thioether (sulfide) groups is 2. The van der Waals surface area contributed by atoms with Crippen LogP contribution in [0.1, 0.15) is 56.0 Å². The number of anilines is 1. The molecule has 43 heavy (non-hydrogen) atoms. The average Bonchev–Trinajstić information content (AvgIpc) is 3.62.